The number of benzene rings is 4. The molecule has 8 N–H and O–H groups in total. The number of hydrogen-bond acceptors (Lipinski definition) is 14. The number of hydrogen-bond donors (Lipinski definition) is 7. The number of rotatable bonds is 27. The Balaban J connectivity index is 0.000000313. The van der Waals surface area contributed by atoms with Crippen molar-refractivity contribution in [2.45, 2.75) is 89.7 Å². The second kappa shape index (κ2) is 34.0. The number of aromatic nitrogens is 1. The topological polar surface area (TPSA) is 227 Å². The van der Waals surface area contributed by atoms with Gasteiger partial charge in [-0.1, -0.05) is 79.8 Å². The number of nitrogens with two attached hydrogens (primary N) is 1. The highest BCUT2D eigenvalue weighted by Gasteiger charge is 2.30. The summed E-state index contributed by atoms with van der Waals surface area (Å²) in [5.74, 6) is 9.38. The number of nitrogens with zero attached hydrogens (tertiary/aromatic N) is 4. The Hall–Kier alpha value is -7.55. The van der Waals surface area contributed by atoms with Gasteiger partial charge in [0, 0.05) is 73.7 Å². The fraction of sp³-hybridized carbons (Fsp3) is 0.450. The molecule has 18 nitrogen and oxygen atoms in total. The van der Waals surface area contributed by atoms with Gasteiger partial charge in [-0.25, -0.2) is 4.39 Å². The van der Waals surface area contributed by atoms with Crippen molar-refractivity contribution in [3.05, 3.63) is 120 Å². The highest BCUT2D eigenvalue weighted by atomic mass is 19.4. The molecular formula is C60H76F4N10O8. The first-order valence-electron chi connectivity index (χ1n) is 27.7. The molecule has 1 aliphatic carbocycles. The number of carbonyl (C=O) groups is 3. The molecule has 1 aliphatic heterocycles. The number of aliphatic imine (C=N–C) groups is 1. The molecule has 1 saturated carbocycles. The van der Waals surface area contributed by atoms with Gasteiger partial charge in [0.15, 0.2) is 5.82 Å². The first-order chi connectivity index (χ1) is 39.7. The number of piperidine rings is 1. The van der Waals surface area contributed by atoms with Gasteiger partial charge in [-0.2, -0.15) is 18.3 Å². The van der Waals surface area contributed by atoms with Crippen molar-refractivity contribution in [1.29, 1.82) is 0 Å². The largest absolute Gasteiger partial charge is 0.484 e. The van der Waals surface area contributed by atoms with E-state index in [4.69, 9.17) is 29.9 Å². The molecule has 2 fully saturated rings. The summed E-state index contributed by atoms with van der Waals surface area (Å²) in [6, 6.07) is 29.1. The van der Waals surface area contributed by atoms with Crippen molar-refractivity contribution in [2.75, 3.05) is 101 Å². The fourth-order valence-electron chi connectivity index (χ4n) is 9.23. The third-order valence-electron chi connectivity index (χ3n) is 13.4. The first kappa shape index (κ1) is 63.6. The average Bonchev–Trinajstić information content (AvgIpc) is 4.02. The van der Waals surface area contributed by atoms with Crippen LogP contribution in [0.1, 0.15) is 86.5 Å². The number of carbonyl (C=O) groups excluding carboxylic acids is 3. The predicted octanol–water partition coefficient (Wildman–Crippen LogP) is 8.07. The van der Waals surface area contributed by atoms with Crippen LogP contribution >= 0.6 is 0 Å². The third-order valence-corrected chi connectivity index (χ3v) is 13.4. The Morgan fingerprint density at radius 3 is 2.21 bits per heavy atom. The van der Waals surface area contributed by atoms with E-state index in [1.807, 2.05) is 73.7 Å². The van der Waals surface area contributed by atoms with Crippen LogP contribution in [0.2, 0.25) is 0 Å². The van der Waals surface area contributed by atoms with E-state index in [9.17, 15) is 31.9 Å². The molecule has 442 valence electrons. The summed E-state index contributed by atoms with van der Waals surface area (Å²) in [6.45, 7) is 7.40. The van der Waals surface area contributed by atoms with E-state index >= 15 is 0 Å². The minimum atomic E-state index is -4.39. The lowest BCUT2D eigenvalue weighted by Gasteiger charge is -2.32. The number of nitrogens with one attached hydrogen (secondary N) is 5. The SMILES string of the molecule is CC(=O)Nc1c(F)cc(C(=O)NC2CCCCC2)cc1OC(C)c1ccccc1.N/N=C(\C=NCC(=O)NCCOCCOCCOCCN1CCC(Nc2cccc3c2cc(C#CCNc2ccccc2)n3CC(F)(F)F)CC1)CO. The van der Waals surface area contributed by atoms with E-state index < -0.39 is 24.4 Å². The molecule has 0 radical (unpaired) electrons. The maximum atomic E-state index is 14.8. The summed E-state index contributed by atoms with van der Waals surface area (Å²) < 4.78 is 79.5. The summed E-state index contributed by atoms with van der Waals surface area (Å²) in [5.41, 5.74) is 3.72. The van der Waals surface area contributed by atoms with Crippen LogP contribution in [0.4, 0.5) is 34.6 Å². The molecule has 2 aliphatic rings. The zero-order valence-electron chi connectivity index (χ0n) is 46.6. The highest BCUT2D eigenvalue weighted by Crippen LogP contribution is 2.34. The van der Waals surface area contributed by atoms with Gasteiger partial charge < -0.3 is 65.9 Å². The molecule has 7 rings (SSSR count). The maximum Gasteiger partial charge on any atom is 0.406 e. The molecular weight excluding hydrogens is 1060 g/mol. The van der Waals surface area contributed by atoms with E-state index in [0.29, 0.717) is 63.9 Å². The van der Waals surface area contributed by atoms with Gasteiger partial charge in [0.2, 0.25) is 11.8 Å². The number of alkyl halides is 3. The van der Waals surface area contributed by atoms with Crippen LogP contribution in [0.3, 0.4) is 0 Å². The number of halogens is 4. The van der Waals surface area contributed by atoms with Crippen LogP contribution in [0, 0.1) is 17.7 Å². The van der Waals surface area contributed by atoms with E-state index in [1.165, 1.54) is 30.2 Å². The average molecular weight is 1140 g/mol. The number of fused-ring (bicyclic) bond motifs is 1. The molecule has 5 aromatic rings. The van der Waals surface area contributed by atoms with E-state index in [2.05, 4.69) is 53.4 Å². The summed E-state index contributed by atoms with van der Waals surface area (Å²) >= 11 is 0. The second-order valence-corrected chi connectivity index (χ2v) is 19.7. The first-order valence-corrected chi connectivity index (χ1v) is 27.7. The van der Waals surface area contributed by atoms with Gasteiger partial charge in [0.1, 0.15) is 36.3 Å². The number of likely N-dealkylation sites (tertiary alicyclic amines) is 1. The number of aliphatic hydroxyl groups is 1. The molecule has 1 aromatic heterocycles. The van der Waals surface area contributed by atoms with Crippen molar-refractivity contribution >= 4 is 57.6 Å². The Kier molecular flexibility index (Phi) is 26.4. The van der Waals surface area contributed by atoms with Gasteiger partial charge in [-0.15, -0.1) is 0 Å². The standard InChI is InChI=1S/C37H49F3N8O5.C23H27FN2O3/c38-37(39,40)28-48-32(8-5-13-43-29-6-2-1-3-7-29)24-33-34(9-4-10-35(33)48)45-30-11-15-47(16-12-30)17-19-52-21-23-53-22-20-51-18-14-44-36(50)26-42-25-31(27-49)46-41;1-15(17-9-5-3-6-10-17)29-21-14-18(13-20(24)22(21)25-16(2)27)23(28)26-19-11-7-4-8-12-19/h1-4,6-7,9-10,24-25,30,43,45,49H,11-23,26-28,41H2,(H,44,50);3,5-6,9-10,13-15,19H,4,7-8,11-12H2,1-2H3,(H,25,27)(H,26,28)/b42-25?,46-31+;. The van der Waals surface area contributed by atoms with Crippen LogP contribution in [-0.2, 0) is 30.3 Å². The van der Waals surface area contributed by atoms with Crippen LogP contribution in [-0.4, -0.2) is 148 Å². The Morgan fingerprint density at radius 2 is 1.54 bits per heavy atom. The number of para-hydroxylation sites is 1. The number of ether oxygens (including phenoxy) is 4. The highest BCUT2D eigenvalue weighted by molar-refractivity contribution is 6.31. The van der Waals surface area contributed by atoms with E-state index in [1.54, 1.807) is 18.2 Å². The summed E-state index contributed by atoms with van der Waals surface area (Å²) in [4.78, 5) is 42.1. The molecule has 1 unspecified atom stereocenters. The van der Waals surface area contributed by atoms with Crippen molar-refractivity contribution in [3.63, 3.8) is 0 Å². The number of aliphatic hydroxyl groups excluding tert-OH is 1. The van der Waals surface area contributed by atoms with E-state index in [0.717, 1.165) is 86.6 Å². The van der Waals surface area contributed by atoms with Gasteiger partial charge in [0.25, 0.3) is 5.91 Å². The minimum absolute atomic E-state index is 0.0607. The minimum Gasteiger partial charge on any atom is -0.484 e. The van der Waals surface area contributed by atoms with Gasteiger partial charge in [0.05, 0.1) is 64.0 Å². The Bertz CT molecular complexity index is 2900. The van der Waals surface area contributed by atoms with E-state index in [-0.39, 0.29) is 65.9 Å². The molecule has 22 heteroatoms. The maximum absolute atomic E-state index is 14.8. The molecule has 3 amide bonds. The molecule has 2 heterocycles. The lowest BCUT2D eigenvalue weighted by Crippen LogP contribution is -2.40. The van der Waals surface area contributed by atoms with Crippen molar-refractivity contribution < 1.29 is 56.0 Å². The quantitative estimate of drug-likeness (QED) is 0.00662. The molecule has 0 spiro atoms. The number of amides is 3. The normalized spacial score (nSPS) is 14.7. The predicted molar refractivity (Wildman–Crippen MR) is 311 cm³/mol. The summed E-state index contributed by atoms with van der Waals surface area (Å²) in [5, 5.41) is 27.8. The second-order valence-electron chi connectivity index (χ2n) is 19.7. The van der Waals surface area contributed by atoms with Gasteiger partial charge >= 0.3 is 6.18 Å². The number of anilines is 3. The molecule has 82 heavy (non-hydrogen) atoms. The number of hydrazone groups is 1. The van der Waals surface area contributed by atoms with Crippen LogP contribution in [0.5, 0.6) is 5.75 Å². The van der Waals surface area contributed by atoms with Crippen LogP contribution < -0.4 is 37.2 Å². The van der Waals surface area contributed by atoms with Gasteiger partial charge in [-0.05, 0) is 86.6 Å². The molecule has 4 aromatic carbocycles. The molecule has 1 atom stereocenters. The summed E-state index contributed by atoms with van der Waals surface area (Å²) in [6.07, 6.45) is 3.50. The fourth-order valence-corrected chi connectivity index (χ4v) is 9.23. The molecule has 1 saturated heterocycles. The van der Waals surface area contributed by atoms with Crippen LogP contribution in [0.25, 0.3) is 10.9 Å². The van der Waals surface area contributed by atoms with Crippen molar-refractivity contribution in [1.82, 2.24) is 20.1 Å². The Labute approximate surface area is 476 Å². The van der Waals surface area contributed by atoms with Crippen molar-refractivity contribution in [3.8, 4) is 17.6 Å². The monoisotopic (exact) mass is 1140 g/mol. The van der Waals surface area contributed by atoms with Gasteiger partial charge in [-0.3, -0.25) is 19.4 Å². The summed E-state index contributed by atoms with van der Waals surface area (Å²) in [7, 11) is 0. The lowest BCUT2D eigenvalue weighted by molar-refractivity contribution is -0.140. The smallest absolute Gasteiger partial charge is 0.406 e. The zero-order chi connectivity index (χ0) is 58.5. The third kappa shape index (κ3) is 22.1. The Morgan fingerprint density at radius 1 is 0.854 bits per heavy atom. The van der Waals surface area contributed by atoms with Crippen LogP contribution in [0.15, 0.2) is 107 Å². The molecule has 0 bridgehead atoms. The zero-order valence-corrected chi connectivity index (χ0v) is 46.6. The van der Waals surface area contributed by atoms with Crippen molar-refractivity contribution in [2.24, 2.45) is 15.9 Å². The lowest BCUT2D eigenvalue weighted by atomic mass is 9.95.